The second-order valence-electron chi connectivity index (χ2n) is 6.30. The maximum atomic E-state index is 13.0. The van der Waals surface area contributed by atoms with Crippen molar-refractivity contribution in [2.45, 2.75) is 20.5 Å². The monoisotopic (exact) mass is 345 g/mol. The highest BCUT2D eigenvalue weighted by atomic mass is 16.5. The third-order valence-corrected chi connectivity index (χ3v) is 4.29. The molecule has 130 valence electrons. The normalized spacial score (nSPS) is 11.0. The molecule has 0 saturated carbocycles. The minimum absolute atomic E-state index is 0.137. The van der Waals surface area contributed by atoms with Crippen LogP contribution in [-0.2, 0) is 6.61 Å². The second kappa shape index (κ2) is 6.52. The molecule has 0 spiro atoms. The van der Waals surface area contributed by atoms with Crippen molar-refractivity contribution in [1.29, 1.82) is 0 Å². The van der Waals surface area contributed by atoms with E-state index in [1.165, 1.54) is 0 Å². The van der Waals surface area contributed by atoms with Crippen LogP contribution in [0.15, 0.2) is 71.7 Å². The van der Waals surface area contributed by atoms with Gasteiger partial charge in [0, 0.05) is 18.0 Å². The van der Waals surface area contributed by atoms with Crippen LogP contribution >= 0.6 is 0 Å². The molecule has 2 heterocycles. The Hall–Kier alpha value is -3.34. The highest BCUT2D eigenvalue weighted by Crippen LogP contribution is 2.14. The molecule has 2 aromatic heterocycles. The Morgan fingerprint density at radius 3 is 2.46 bits per heavy atom. The van der Waals surface area contributed by atoms with E-state index in [0.29, 0.717) is 17.9 Å². The zero-order chi connectivity index (χ0) is 18.1. The first-order valence-electron chi connectivity index (χ1n) is 8.47. The molecule has 5 nitrogen and oxygen atoms in total. The molecule has 0 aliphatic carbocycles. The third-order valence-electron chi connectivity index (χ3n) is 4.29. The molecule has 26 heavy (non-hydrogen) atoms. The SMILES string of the molecule is Cc1ccc(-n2c(C)cc3nc(COc4ccccc4)cn3c2=O)cc1. The Kier molecular flexibility index (Phi) is 4.05. The fraction of sp³-hybridized carbons (Fsp3) is 0.143. The molecule has 0 fully saturated rings. The summed E-state index contributed by atoms with van der Waals surface area (Å²) in [6, 6.07) is 19.4. The van der Waals surface area contributed by atoms with Crippen molar-refractivity contribution >= 4 is 5.65 Å². The first-order valence-corrected chi connectivity index (χ1v) is 8.47. The van der Waals surface area contributed by atoms with Crippen molar-refractivity contribution in [3.63, 3.8) is 0 Å². The van der Waals surface area contributed by atoms with Gasteiger partial charge in [-0.15, -0.1) is 0 Å². The van der Waals surface area contributed by atoms with Gasteiger partial charge in [0.2, 0.25) is 0 Å². The zero-order valence-corrected chi connectivity index (χ0v) is 14.7. The molecule has 0 aliphatic rings. The van der Waals surface area contributed by atoms with Gasteiger partial charge in [-0.1, -0.05) is 35.9 Å². The fourth-order valence-electron chi connectivity index (χ4n) is 2.96. The van der Waals surface area contributed by atoms with E-state index < -0.39 is 0 Å². The maximum Gasteiger partial charge on any atom is 0.338 e. The predicted octanol–water partition coefficient (Wildman–Crippen LogP) is 3.68. The fourth-order valence-corrected chi connectivity index (χ4v) is 2.96. The minimum Gasteiger partial charge on any atom is -0.487 e. The van der Waals surface area contributed by atoms with Crippen LogP contribution in [0.4, 0.5) is 0 Å². The lowest BCUT2D eigenvalue weighted by molar-refractivity contribution is 0.302. The van der Waals surface area contributed by atoms with Crippen molar-refractivity contribution in [2.75, 3.05) is 0 Å². The number of hydrogen-bond donors (Lipinski definition) is 0. The second-order valence-corrected chi connectivity index (χ2v) is 6.30. The van der Waals surface area contributed by atoms with E-state index in [-0.39, 0.29) is 5.69 Å². The highest BCUT2D eigenvalue weighted by molar-refractivity contribution is 5.44. The third kappa shape index (κ3) is 2.99. The average Bonchev–Trinajstić information content (AvgIpc) is 3.05. The average molecular weight is 345 g/mol. The zero-order valence-electron chi connectivity index (χ0n) is 14.7. The smallest absolute Gasteiger partial charge is 0.338 e. The maximum absolute atomic E-state index is 13.0. The van der Waals surface area contributed by atoms with Crippen LogP contribution in [0.5, 0.6) is 5.75 Å². The topological polar surface area (TPSA) is 48.5 Å². The Labute approximate surface area is 151 Å². The van der Waals surface area contributed by atoms with Gasteiger partial charge < -0.3 is 4.74 Å². The summed E-state index contributed by atoms with van der Waals surface area (Å²) in [6.07, 6.45) is 1.74. The van der Waals surface area contributed by atoms with Crippen LogP contribution in [0, 0.1) is 13.8 Å². The van der Waals surface area contributed by atoms with Gasteiger partial charge in [0.05, 0.1) is 11.4 Å². The number of aromatic nitrogens is 3. The van der Waals surface area contributed by atoms with Crippen LogP contribution < -0.4 is 10.4 Å². The number of hydrogen-bond acceptors (Lipinski definition) is 3. The summed E-state index contributed by atoms with van der Waals surface area (Å²) in [6.45, 7) is 4.25. The quantitative estimate of drug-likeness (QED) is 0.567. The van der Waals surface area contributed by atoms with E-state index in [0.717, 1.165) is 22.7 Å². The summed E-state index contributed by atoms with van der Waals surface area (Å²) in [7, 11) is 0. The summed E-state index contributed by atoms with van der Waals surface area (Å²) < 4.78 is 8.99. The van der Waals surface area contributed by atoms with E-state index in [4.69, 9.17) is 4.74 Å². The van der Waals surface area contributed by atoms with Crippen molar-refractivity contribution in [3.05, 3.63) is 94.3 Å². The highest BCUT2D eigenvalue weighted by Gasteiger charge is 2.11. The molecule has 0 bridgehead atoms. The molecule has 0 aliphatic heterocycles. The molecule has 0 saturated heterocycles. The van der Waals surface area contributed by atoms with Crippen LogP contribution in [0.25, 0.3) is 11.3 Å². The standard InChI is InChI=1S/C21H19N3O2/c1-15-8-10-18(11-9-15)24-16(2)12-20-22-17(13-23(20)21(24)25)14-26-19-6-4-3-5-7-19/h3-13H,14H2,1-2H3. The number of rotatable bonds is 4. The van der Waals surface area contributed by atoms with Crippen LogP contribution in [0.2, 0.25) is 0 Å². The van der Waals surface area contributed by atoms with Crippen molar-refractivity contribution in [1.82, 2.24) is 14.0 Å². The molecular formula is C21H19N3O2. The van der Waals surface area contributed by atoms with E-state index in [2.05, 4.69) is 4.98 Å². The van der Waals surface area contributed by atoms with Gasteiger partial charge in [-0.3, -0.25) is 8.97 Å². The number of ether oxygens (including phenoxy) is 1. The molecular weight excluding hydrogens is 326 g/mol. The van der Waals surface area contributed by atoms with E-state index in [1.54, 1.807) is 15.2 Å². The first kappa shape index (κ1) is 16.1. The Bertz CT molecular complexity index is 1110. The number of benzene rings is 2. The van der Waals surface area contributed by atoms with E-state index >= 15 is 0 Å². The number of imidazole rings is 1. The number of para-hydroxylation sites is 1. The minimum atomic E-state index is -0.137. The lowest BCUT2D eigenvalue weighted by atomic mass is 10.2. The van der Waals surface area contributed by atoms with E-state index in [9.17, 15) is 4.79 Å². The van der Waals surface area contributed by atoms with Gasteiger partial charge in [-0.05, 0) is 38.1 Å². The lowest BCUT2D eigenvalue weighted by Crippen LogP contribution is -2.26. The van der Waals surface area contributed by atoms with Crippen LogP contribution in [-0.4, -0.2) is 14.0 Å². The van der Waals surface area contributed by atoms with Gasteiger partial charge in [0.25, 0.3) is 0 Å². The van der Waals surface area contributed by atoms with Crippen molar-refractivity contribution < 1.29 is 4.74 Å². The van der Waals surface area contributed by atoms with E-state index in [1.807, 2.05) is 74.5 Å². The summed E-state index contributed by atoms with van der Waals surface area (Å²) in [4.78, 5) is 17.5. The largest absolute Gasteiger partial charge is 0.487 e. The predicted molar refractivity (Wildman–Crippen MR) is 101 cm³/mol. The molecule has 0 atom stereocenters. The molecule has 4 rings (SSSR count). The van der Waals surface area contributed by atoms with Crippen molar-refractivity contribution in [3.8, 4) is 11.4 Å². The Morgan fingerprint density at radius 2 is 1.73 bits per heavy atom. The molecule has 4 aromatic rings. The number of fused-ring (bicyclic) bond motifs is 1. The lowest BCUT2D eigenvalue weighted by Gasteiger charge is -2.10. The number of nitrogens with zero attached hydrogens (tertiary/aromatic N) is 3. The molecule has 0 amide bonds. The van der Waals surface area contributed by atoms with Gasteiger partial charge >= 0.3 is 5.69 Å². The van der Waals surface area contributed by atoms with Gasteiger partial charge in [0.15, 0.2) is 0 Å². The Morgan fingerprint density at radius 1 is 1.00 bits per heavy atom. The van der Waals surface area contributed by atoms with Crippen molar-refractivity contribution in [2.24, 2.45) is 0 Å². The molecule has 0 radical (unpaired) electrons. The van der Waals surface area contributed by atoms with Crippen LogP contribution in [0.3, 0.4) is 0 Å². The molecule has 0 unspecified atom stereocenters. The summed E-state index contributed by atoms with van der Waals surface area (Å²) in [5.41, 5.74) is 4.05. The van der Waals surface area contributed by atoms with Crippen LogP contribution in [0.1, 0.15) is 17.0 Å². The molecule has 5 heteroatoms. The molecule has 0 N–H and O–H groups in total. The summed E-state index contributed by atoms with van der Waals surface area (Å²) in [5.74, 6) is 0.776. The summed E-state index contributed by atoms with van der Waals surface area (Å²) >= 11 is 0. The van der Waals surface area contributed by atoms with Gasteiger partial charge in [0.1, 0.15) is 18.0 Å². The van der Waals surface area contributed by atoms with Gasteiger partial charge in [-0.25, -0.2) is 9.78 Å². The first-order chi connectivity index (χ1) is 12.6. The molecule has 2 aromatic carbocycles. The summed E-state index contributed by atoms with van der Waals surface area (Å²) in [5, 5.41) is 0. The number of aryl methyl sites for hydroxylation is 2. The van der Waals surface area contributed by atoms with Gasteiger partial charge in [-0.2, -0.15) is 0 Å². The Balaban J connectivity index is 1.71.